The van der Waals surface area contributed by atoms with E-state index in [1.807, 2.05) is 30.3 Å². The first-order valence-corrected chi connectivity index (χ1v) is 4.62. The van der Waals surface area contributed by atoms with Crippen LogP contribution in [-0.2, 0) is 4.74 Å². The predicted octanol–water partition coefficient (Wildman–Crippen LogP) is 1.76. The van der Waals surface area contributed by atoms with Crippen molar-refractivity contribution in [1.29, 1.82) is 0 Å². The summed E-state index contributed by atoms with van der Waals surface area (Å²) in [6.07, 6.45) is 5.66. The van der Waals surface area contributed by atoms with E-state index in [4.69, 9.17) is 16.3 Å². The highest BCUT2D eigenvalue weighted by molar-refractivity contribution is 5.23. The van der Waals surface area contributed by atoms with Crippen LogP contribution in [0.4, 0.5) is 0 Å². The van der Waals surface area contributed by atoms with Crippen LogP contribution in [0.15, 0.2) is 30.3 Å². The minimum atomic E-state index is -0.303. The van der Waals surface area contributed by atoms with Crippen LogP contribution in [0.2, 0.25) is 0 Å². The lowest BCUT2D eigenvalue weighted by Gasteiger charge is -2.11. The molecule has 0 saturated heterocycles. The largest absolute Gasteiger partial charge is 0.396 e. The third-order valence-electron chi connectivity index (χ3n) is 1.84. The zero-order valence-corrected chi connectivity index (χ0v) is 8.02. The van der Waals surface area contributed by atoms with Crippen molar-refractivity contribution in [2.24, 2.45) is 0 Å². The van der Waals surface area contributed by atoms with Crippen LogP contribution in [0.3, 0.4) is 0 Å². The van der Waals surface area contributed by atoms with Crippen LogP contribution in [0.1, 0.15) is 18.1 Å². The molecule has 1 aromatic rings. The van der Waals surface area contributed by atoms with Crippen molar-refractivity contribution in [3.63, 3.8) is 0 Å². The molecule has 0 aliphatic carbocycles. The number of hydrogen-bond donors (Lipinski definition) is 1. The number of benzene rings is 1. The Balaban J connectivity index is 2.52. The molecule has 74 valence electrons. The molecule has 2 nitrogen and oxygen atoms in total. The quantitative estimate of drug-likeness (QED) is 0.566. The molecule has 0 radical (unpaired) electrons. The van der Waals surface area contributed by atoms with Gasteiger partial charge in [0.2, 0.25) is 0 Å². The average molecular weight is 190 g/mol. The van der Waals surface area contributed by atoms with E-state index >= 15 is 0 Å². The Morgan fingerprint density at radius 1 is 1.36 bits per heavy atom. The summed E-state index contributed by atoms with van der Waals surface area (Å²) in [4.78, 5) is 0. The van der Waals surface area contributed by atoms with E-state index in [0.29, 0.717) is 13.0 Å². The average Bonchev–Trinajstić information content (AvgIpc) is 2.26. The van der Waals surface area contributed by atoms with E-state index < -0.39 is 0 Å². The van der Waals surface area contributed by atoms with E-state index in [-0.39, 0.29) is 12.7 Å². The molecule has 0 aliphatic rings. The van der Waals surface area contributed by atoms with Gasteiger partial charge >= 0.3 is 0 Å². The van der Waals surface area contributed by atoms with Gasteiger partial charge in [-0.1, -0.05) is 36.3 Å². The van der Waals surface area contributed by atoms with Gasteiger partial charge in [0.15, 0.2) is 0 Å². The minimum absolute atomic E-state index is 0.131. The van der Waals surface area contributed by atoms with Gasteiger partial charge in [0.1, 0.15) is 6.10 Å². The molecule has 0 heterocycles. The van der Waals surface area contributed by atoms with Crippen molar-refractivity contribution in [2.45, 2.75) is 12.5 Å². The van der Waals surface area contributed by atoms with Crippen LogP contribution in [-0.4, -0.2) is 18.3 Å². The van der Waals surface area contributed by atoms with Crippen molar-refractivity contribution >= 4 is 0 Å². The molecule has 1 atom stereocenters. The van der Waals surface area contributed by atoms with Gasteiger partial charge in [0.05, 0.1) is 6.61 Å². The van der Waals surface area contributed by atoms with Gasteiger partial charge in [0.25, 0.3) is 0 Å². The zero-order valence-electron chi connectivity index (χ0n) is 8.02. The lowest BCUT2D eigenvalue weighted by molar-refractivity contribution is 0.0787. The minimum Gasteiger partial charge on any atom is -0.396 e. The van der Waals surface area contributed by atoms with Crippen LogP contribution < -0.4 is 0 Å². The number of rotatable bonds is 5. The molecule has 0 amide bonds. The highest BCUT2D eigenvalue weighted by atomic mass is 16.5. The molecule has 0 aliphatic heterocycles. The standard InChI is InChI=1S/C12H14O2/c1-2-12(14-10-6-9-13)11-7-4-3-5-8-11/h1,3-5,7-8,12-13H,6,9-10H2. The Hall–Kier alpha value is -1.30. The molecule has 0 bridgehead atoms. The molecule has 0 saturated carbocycles. The SMILES string of the molecule is C#CC(OCCCO)c1ccccc1. The summed E-state index contributed by atoms with van der Waals surface area (Å²) < 4.78 is 5.42. The Morgan fingerprint density at radius 2 is 2.07 bits per heavy atom. The fourth-order valence-corrected chi connectivity index (χ4v) is 1.13. The number of ether oxygens (including phenoxy) is 1. The number of aliphatic hydroxyl groups is 1. The summed E-state index contributed by atoms with van der Waals surface area (Å²) in [6.45, 7) is 0.617. The van der Waals surface area contributed by atoms with Crippen molar-refractivity contribution < 1.29 is 9.84 Å². The summed E-state index contributed by atoms with van der Waals surface area (Å²) in [5.74, 6) is 2.57. The van der Waals surface area contributed by atoms with E-state index in [2.05, 4.69) is 5.92 Å². The van der Waals surface area contributed by atoms with E-state index in [1.165, 1.54) is 0 Å². The number of aliphatic hydroxyl groups excluding tert-OH is 1. The van der Waals surface area contributed by atoms with Gasteiger partial charge in [-0.3, -0.25) is 0 Å². The Labute approximate surface area is 84.5 Å². The maximum absolute atomic E-state index is 8.59. The van der Waals surface area contributed by atoms with Gasteiger partial charge in [0, 0.05) is 6.61 Å². The first kappa shape index (κ1) is 10.8. The summed E-state index contributed by atoms with van der Waals surface area (Å²) in [5, 5.41) is 8.59. The Morgan fingerprint density at radius 3 is 2.64 bits per heavy atom. The third-order valence-corrected chi connectivity index (χ3v) is 1.84. The van der Waals surface area contributed by atoms with Crippen molar-refractivity contribution in [3.8, 4) is 12.3 Å². The normalized spacial score (nSPS) is 12.0. The summed E-state index contributed by atoms with van der Waals surface area (Å²) in [6, 6.07) is 9.65. The fraction of sp³-hybridized carbons (Fsp3) is 0.333. The topological polar surface area (TPSA) is 29.5 Å². The first-order valence-electron chi connectivity index (χ1n) is 4.62. The first-order chi connectivity index (χ1) is 6.88. The molecule has 0 aromatic heterocycles. The molecule has 0 fully saturated rings. The van der Waals surface area contributed by atoms with Crippen LogP contribution in [0.5, 0.6) is 0 Å². The fourth-order valence-electron chi connectivity index (χ4n) is 1.13. The molecule has 1 aromatic carbocycles. The zero-order chi connectivity index (χ0) is 10.2. The molecular formula is C12H14O2. The van der Waals surface area contributed by atoms with Crippen molar-refractivity contribution in [1.82, 2.24) is 0 Å². The molecule has 1 rings (SSSR count). The highest BCUT2D eigenvalue weighted by Gasteiger charge is 2.06. The molecule has 14 heavy (non-hydrogen) atoms. The second-order valence-electron chi connectivity index (χ2n) is 2.91. The van der Waals surface area contributed by atoms with Crippen LogP contribution >= 0.6 is 0 Å². The molecule has 1 unspecified atom stereocenters. The summed E-state index contributed by atoms with van der Waals surface area (Å²) >= 11 is 0. The van der Waals surface area contributed by atoms with E-state index in [1.54, 1.807) is 0 Å². The van der Waals surface area contributed by atoms with E-state index in [9.17, 15) is 0 Å². The maximum Gasteiger partial charge on any atom is 0.143 e. The Bertz CT molecular complexity index is 287. The van der Waals surface area contributed by atoms with E-state index in [0.717, 1.165) is 5.56 Å². The molecular weight excluding hydrogens is 176 g/mol. The van der Waals surface area contributed by atoms with Crippen LogP contribution in [0.25, 0.3) is 0 Å². The van der Waals surface area contributed by atoms with Crippen molar-refractivity contribution in [2.75, 3.05) is 13.2 Å². The number of terminal acetylenes is 1. The highest BCUT2D eigenvalue weighted by Crippen LogP contribution is 2.15. The lowest BCUT2D eigenvalue weighted by Crippen LogP contribution is -2.04. The second-order valence-corrected chi connectivity index (χ2v) is 2.91. The monoisotopic (exact) mass is 190 g/mol. The smallest absolute Gasteiger partial charge is 0.143 e. The molecule has 1 N–H and O–H groups in total. The molecule has 0 spiro atoms. The number of hydrogen-bond acceptors (Lipinski definition) is 2. The van der Waals surface area contributed by atoms with Gasteiger partial charge in [-0.15, -0.1) is 6.42 Å². The summed E-state index contributed by atoms with van der Waals surface area (Å²) in [5.41, 5.74) is 0.980. The van der Waals surface area contributed by atoms with Crippen molar-refractivity contribution in [3.05, 3.63) is 35.9 Å². The van der Waals surface area contributed by atoms with Gasteiger partial charge in [-0.2, -0.15) is 0 Å². The van der Waals surface area contributed by atoms with Gasteiger partial charge < -0.3 is 9.84 Å². The van der Waals surface area contributed by atoms with Gasteiger partial charge in [-0.05, 0) is 12.0 Å². The Kier molecular flexibility index (Phi) is 4.77. The van der Waals surface area contributed by atoms with Gasteiger partial charge in [-0.25, -0.2) is 0 Å². The summed E-state index contributed by atoms with van der Waals surface area (Å²) in [7, 11) is 0. The third kappa shape index (κ3) is 3.21. The molecule has 2 heteroatoms. The van der Waals surface area contributed by atoms with Crippen LogP contribution in [0, 0.1) is 12.3 Å². The second kappa shape index (κ2) is 6.20. The predicted molar refractivity (Wildman–Crippen MR) is 55.7 cm³/mol. The lowest BCUT2D eigenvalue weighted by atomic mass is 10.1. The maximum atomic E-state index is 8.59.